The van der Waals surface area contributed by atoms with Crippen LogP contribution >= 0.6 is 0 Å². The molecule has 0 aromatic rings. The Kier molecular flexibility index (Phi) is 3.48. The number of amides is 1. The van der Waals surface area contributed by atoms with Gasteiger partial charge in [-0.1, -0.05) is 6.92 Å². The standard InChI is InChI=1S/C14H26N2O/c1-10-7-14(8-10,9-15)13(17)16-11(2)5-4-6-12(16)3/h10-12H,4-9,15H2,1-3H3/t10?,11-,12+,14?. The molecule has 0 aromatic carbocycles. The summed E-state index contributed by atoms with van der Waals surface area (Å²) in [7, 11) is 0. The van der Waals surface area contributed by atoms with E-state index in [2.05, 4.69) is 25.7 Å². The average Bonchev–Trinajstić information content (AvgIpc) is 2.24. The summed E-state index contributed by atoms with van der Waals surface area (Å²) < 4.78 is 0. The van der Waals surface area contributed by atoms with Crippen molar-refractivity contribution in [3.63, 3.8) is 0 Å². The first-order valence-corrected chi connectivity index (χ1v) is 7.03. The Morgan fingerprint density at radius 2 is 1.76 bits per heavy atom. The van der Waals surface area contributed by atoms with Crippen LogP contribution in [0.2, 0.25) is 0 Å². The number of carbonyl (C=O) groups is 1. The summed E-state index contributed by atoms with van der Waals surface area (Å²) in [5.41, 5.74) is 5.66. The molecule has 0 spiro atoms. The van der Waals surface area contributed by atoms with Gasteiger partial charge >= 0.3 is 0 Å². The molecule has 1 heterocycles. The normalized spacial score (nSPS) is 42.1. The molecule has 98 valence electrons. The summed E-state index contributed by atoms with van der Waals surface area (Å²) in [5, 5.41) is 0. The molecule has 1 saturated carbocycles. The molecule has 2 aliphatic rings. The second kappa shape index (κ2) is 4.60. The van der Waals surface area contributed by atoms with E-state index in [1.807, 2.05) is 0 Å². The van der Waals surface area contributed by atoms with Gasteiger partial charge in [-0.25, -0.2) is 0 Å². The number of hydrogen-bond acceptors (Lipinski definition) is 2. The van der Waals surface area contributed by atoms with E-state index < -0.39 is 0 Å². The fourth-order valence-corrected chi connectivity index (χ4v) is 3.80. The van der Waals surface area contributed by atoms with Crippen molar-refractivity contribution in [3.8, 4) is 0 Å². The van der Waals surface area contributed by atoms with E-state index >= 15 is 0 Å². The minimum Gasteiger partial charge on any atom is -0.337 e. The Morgan fingerprint density at radius 3 is 2.18 bits per heavy atom. The number of piperidine rings is 1. The smallest absolute Gasteiger partial charge is 0.230 e. The van der Waals surface area contributed by atoms with Crippen LogP contribution < -0.4 is 5.73 Å². The lowest BCUT2D eigenvalue weighted by molar-refractivity contribution is -0.156. The zero-order chi connectivity index (χ0) is 12.6. The Labute approximate surface area is 105 Å². The molecule has 1 aliphatic carbocycles. The van der Waals surface area contributed by atoms with Crippen LogP contribution in [0.4, 0.5) is 0 Å². The molecule has 2 rings (SSSR count). The molecule has 2 fully saturated rings. The molecular formula is C14H26N2O. The molecule has 0 bridgehead atoms. The molecule has 2 atom stereocenters. The van der Waals surface area contributed by atoms with E-state index in [1.165, 1.54) is 6.42 Å². The predicted octanol–water partition coefficient (Wildman–Crippen LogP) is 2.15. The zero-order valence-corrected chi connectivity index (χ0v) is 11.4. The van der Waals surface area contributed by atoms with E-state index in [1.54, 1.807) is 0 Å². The first-order chi connectivity index (χ1) is 8.00. The van der Waals surface area contributed by atoms with Crippen LogP contribution in [0.3, 0.4) is 0 Å². The SMILES string of the molecule is CC1CC(CN)(C(=O)N2[C@H](C)CCC[C@@H]2C)C1. The van der Waals surface area contributed by atoms with Crippen LogP contribution in [0.25, 0.3) is 0 Å². The van der Waals surface area contributed by atoms with Gasteiger partial charge in [0.1, 0.15) is 0 Å². The molecule has 0 aromatic heterocycles. The average molecular weight is 238 g/mol. The highest BCUT2D eigenvalue weighted by atomic mass is 16.2. The summed E-state index contributed by atoms with van der Waals surface area (Å²) in [6, 6.07) is 0.788. The number of carbonyl (C=O) groups excluding carboxylic acids is 1. The fraction of sp³-hybridized carbons (Fsp3) is 0.929. The lowest BCUT2D eigenvalue weighted by Gasteiger charge is -2.50. The zero-order valence-electron chi connectivity index (χ0n) is 11.4. The van der Waals surface area contributed by atoms with E-state index in [0.29, 0.717) is 30.5 Å². The molecule has 0 radical (unpaired) electrons. The number of hydrogen-bond donors (Lipinski definition) is 1. The van der Waals surface area contributed by atoms with E-state index in [-0.39, 0.29) is 5.41 Å². The second-order valence-corrected chi connectivity index (χ2v) is 6.34. The maximum Gasteiger partial charge on any atom is 0.230 e. The van der Waals surface area contributed by atoms with Crippen LogP contribution in [-0.2, 0) is 4.79 Å². The lowest BCUT2D eigenvalue weighted by Crippen LogP contribution is -2.59. The van der Waals surface area contributed by atoms with Crippen molar-refractivity contribution in [1.82, 2.24) is 4.90 Å². The van der Waals surface area contributed by atoms with Gasteiger partial charge in [-0.15, -0.1) is 0 Å². The minimum absolute atomic E-state index is 0.223. The highest BCUT2D eigenvalue weighted by molar-refractivity contribution is 5.84. The molecule has 0 unspecified atom stereocenters. The largest absolute Gasteiger partial charge is 0.337 e. The predicted molar refractivity (Wildman–Crippen MR) is 69.5 cm³/mol. The van der Waals surface area contributed by atoms with E-state index in [9.17, 15) is 4.79 Å². The maximum atomic E-state index is 12.7. The summed E-state index contributed by atoms with van der Waals surface area (Å²) in [5.74, 6) is 0.996. The third-order valence-corrected chi connectivity index (χ3v) is 4.75. The molecule has 3 nitrogen and oxygen atoms in total. The van der Waals surface area contributed by atoms with Crippen LogP contribution in [0.5, 0.6) is 0 Å². The van der Waals surface area contributed by atoms with Gasteiger partial charge in [-0.2, -0.15) is 0 Å². The van der Waals surface area contributed by atoms with Crippen molar-refractivity contribution in [2.45, 2.75) is 65.0 Å². The first kappa shape index (κ1) is 12.9. The molecular weight excluding hydrogens is 212 g/mol. The van der Waals surface area contributed by atoms with Gasteiger partial charge in [-0.05, 0) is 51.9 Å². The third kappa shape index (κ3) is 2.10. The number of rotatable bonds is 2. The summed E-state index contributed by atoms with van der Waals surface area (Å²) in [6.07, 6.45) is 5.51. The van der Waals surface area contributed by atoms with Crippen molar-refractivity contribution >= 4 is 5.91 Å². The van der Waals surface area contributed by atoms with Crippen LogP contribution in [-0.4, -0.2) is 29.4 Å². The second-order valence-electron chi connectivity index (χ2n) is 6.34. The van der Waals surface area contributed by atoms with Gasteiger partial charge < -0.3 is 10.6 Å². The van der Waals surface area contributed by atoms with Gasteiger partial charge in [-0.3, -0.25) is 4.79 Å². The molecule has 1 saturated heterocycles. The summed E-state index contributed by atoms with van der Waals surface area (Å²) in [4.78, 5) is 14.9. The molecule has 2 N–H and O–H groups in total. The monoisotopic (exact) mass is 238 g/mol. The van der Waals surface area contributed by atoms with Crippen molar-refractivity contribution < 1.29 is 4.79 Å². The molecule has 17 heavy (non-hydrogen) atoms. The Morgan fingerprint density at radius 1 is 1.24 bits per heavy atom. The molecule has 3 heteroatoms. The summed E-state index contributed by atoms with van der Waals surface area (Å²) >= 11 is 0. The maximum absolute atomic E-state index is 12.7. The van der Waals surface area contributed by atoms with Crippen molar-refractivity contribution in [3.05, 3.63) is 0 Å². The van der Waals surface area contributed by atoms with Crippen LogP contribution in [0, 0.1) is 11.3 Å². The summed E-state index contributed by atoms with van der Waals surface area (Å²) in [6.45, 7) is 7.09. The Bertz CT molecular complexity index is 287. The highest BCUT2D eigenvalue weighted by Gasteiger charge is 2.50. The van der Waals surface area contributed by atoms with Crippen LogP contribution in [0.1, 0.15) is 52.9 Å². The third-order valence-electron chi connectivity index (χ3n) is 4.75. The van der Waals surface area contributed by atoms with E-state index in [4.69, 9.17) is 5.73 Å². The number of nitrogens with zero attached hydrogens (tertiary/aromatic N) is 1. The fourth-order valence-electron chi connectivity index (χ4n) is 3.80. The lowest BCUT2D eigenvalue weighted by atomic mass is 9.61. The van der Waals surface area contributed by atoms with Crippen molar-refractivity contribution in [2.75, 3.05) is 6.54 Å². The van der Waals surface area contributed by atoms with Crippen LogP contribution in [0.15, 0.2) is 0 Å². The van der Waals surface area contributed by atoms with Gasteiger partial charge in [0.25, 0.3) is 0 Å². The molecule has 1 aliphatic heterocycles. The topological polar surface area (TPSA) is 46.3 Å². The number of nitrogens with two attached hydrogens (primary N) is 1. The van der Waals surface area contributed by atoms with Gasteiger partial charge in [0.2, 0.25) is 5.91 Å². The first-order valence-electron chi connectivity index (χ1n) is 7.03. The van der Waals surface area contributed by atoms with Gasteiger partial charge in [0.15, 0.2) is 0 Å². The quantitative estimate of drug-likeness (QED) is 0.801. The van der Waals surface area contributed by atoms with Gasteiger partial charge in [0.05, 0.1) is 5.41 Å². The molecule has 1 amide bonds. The van der Waals surface area contributed by atoms with Crippen molar-refractivity contribution in [2.24, 2.45) is 17.1 Å². The number of likely N-dealkylation sites (tertiary alicyclic amines) is 1. The van der Waals surface area contributed by atoms with Gasteiger partial charge in [0, 0.05) is 18.6 Å². The minimum atomic E-state index is -0.223. The highest BCUT2D eigenvalue weighted by Crippen LogP contribution is 2.47. The Hall–Kier alpha value is -0.570. The van der Waals surface area contributed by atoms with Crippen molar-refractivity contribution in [1.29, 1.82) is 0 Å². The Balaban J connectivity index is 2.12. The van der Waals surface area contributed by atoms with E-state index in [0.717, 1.165) is 25.7 Å².